The Labute approximate surface area is 119 Å². The van der Waals surface area contributed by atoms with E-state index in [4.69, 9.17) is 9.47 Å². The van der Waals surface area contributed by atoms with Crippen LogP contribution in [0.15, 0.2) is 18.2 Å². The predicted molar refractivity (Wildman–Crippen MR) is 79.5 cm³/mol. The average molecular weight is 279 g/mol. The molecular formula is C15H21NO2S. The summed E-state index contributed by atoms with van der Waals surface area (Å²) >= 11 is 2.07. The molecule has 1 aromatic carbocycles. The van der Waals surface area contributed by atoms with Crippen LogP contribution in [0.25, 0.3) is 0 Å². The van der Waals surface area contributed by atoms with Gasteiger partial charge in [0.25, 0.3) is 0 Å². The Hall–Kier alpha value is -0.870. The van der Waals surface area contributed by atoms with Crippen LogP contribution in [0, 0.1) is 0 Å². The molecule has 2 aliphatic heterocycles. The maximum absolute atomic E-state index is 5.61. The van der Waals surface area contributed by atoms with Crippen molar-refractivity contribution < 1.29 is 9.47 Å². The Morgan fingerprint density at radius 3 is 2.95 bits per heavy atom. The Morgan fingerprint density at radius 1 is 1.21 bits per heavy atom. The summed E-state index contributed by atoms with van der Waals surface area (Å²) in [5, 5.41) is 3.66. The van der Waals surface area contributed by atoms with Gasteiger partial charge in [0.05, 0.1) is 0 Å². The Morgan fingerprint density at radius 2 is 2.11 bits per heavy atom. The molecule has 0 amide bonds. The van der Waals surface area contributed by atoms with Crippen LogP contribution >= 0.6 is 11.8 Å². The zero-order valence-corrected chi connectivity index (χ0v) is 12.0. The first-order valence-electron chi connectivity index (χ1n) is 7.11. The fourth-order valence-corrected chi connectivity index (χ4v) is 3.67. The molecule has 1 N–H and O–H groups in total. The molecule has 19 heavy (non-hydrogen) atoms. The number of hydrogen-bond acceptors (Lipinski definition) is 4. The molecule has 104 valence electrons. The fourth-order valence-electron chi connectivity index (χ4n) is 2.57. The number of nitrogens with one attached hydrogen (secondary N) is 1. The molecule has 3 rings (SSSR count). The lowest BCUT2D eigenvalue weighted by molar-refractivity contribution is 0.171. The van der Waals surface area contributed by atoms with Gasteiger partial charge in [-0.25, -0.2) is 0 Å². The second-order valence-corrected chi connectivity index (χ2v) is 6.25. The molecule has 1 fully saturated rings. The van der Waals surface area contributed by atoms with Crippen molar-refractivity contribution in [2.75, 3.05) is 31.3 Å². The minimum absolute atomic E-state index is 0.660. The summed E-state index contributed by atoms with van der Waals surface area (Å²) in [6.07, 6.45) is 3.73. The summed E-state index contributed by atoms with van der Waals surface area (Å²) in [6, 6.07) is 6.99. The molecule has 0 radical (unpaired) electrons. The van der Waals surface area contributed by atoms with E-state index in [2.05, 4.69) is 29.2 Å². The van der Waals surface area contributed by atoms with E-state index in [1.807, 2.05) is 6.07 Å². The van der Waals surface area contributed by atoms with Crippen molar-refractivity contribution >= 4 is 11.8 Å². The van der Waals surface area contributed by atoms with Gasteiger partial charge in [-0.05, 0) is 49.3 Å². The smallest absolute Gasteiger partial charge is 0.161 e. The number of thioether (sulfide) groups is 1. The normalized spacial score (nSPS) is 22.2. The van der Waals surface area contributed by atoms with Crippen molar-refractivity contribution in [3.8, 4) is 11.5 Å². The van der Waals surface area contributed by atoms with Gasteiger partial charge in [0.2, 0.25) is 0 Å². The monoisotopic (exact) mass is 279 g/mol. The molecule has 2 heterocycles. The summed E-state index contributed by atoms with van der Waals surface area (Å²) in [4.78, 5) is 0. The molecule has 4 heteroatoms. The number of benzene rings is 1. The Balaban J connectivity index is 1.49. The molecule has 3 nitrogen and oxygen atoms in total. The van der Waals surface area contributed by atoms with Crippen LogP contribution in [0.1, 0.15) is 18.4 Å². The maximum Gasteiger partial charge on any atom is 0.161 e. The lowest BCUT2D eigenvalue weighted by Gasteiger charge is -2.23. The first kappa shape index (κ1) is 13.1. The van der Waals surface area contributed by atoms with Crippen LogP contribution in [0.3, 0.4) is 0 Å². The summed E-state index contributed by atoms with van der Waals surface area (Å²) < 4.78 is 11.1. The number of hydrogen-bond donors (Lipinski definition) is 1. The number of ether oxygens (including phenoxy) is 2. The second kappa shape index (κ2) is 6.53. The quantitative estimate of drug-likeness (QED) is 0.917. The third kappa shape index (κ3) is 3.57. The van der Waals surface area contributed by atoms with Crippen LogP contribution in [0.4, 0.5) is 0 Å². The van der Waals surface area contributed by atoms with Crippen molar-refractivity contribution in [2.45, 2.75) is 25.3 Å². The van der Waals surface area contributed by atoms with Crippen molar-refractivity contribution in [3.63, 3.8) is 0 Å². The van der Waals surface area contributed by atoms with E-state index < -0.39 is 0 Å². The highest BCUT2D eigenvalue weighted by Crippen LogP contribution is 2.30. The van der Waals surface area contributed by atoms with Gasteiger partial charge in [0, 0.05) is 11.8 Å². The van der Waals surface area contributed by atoms with Crippen LogP contribution in [0.5, 0.6) is 11.5 Å². The second-order valence-electron chi connectivity index (χ2n) is 5.10. The van der Waals surface area contributed by atoms with Crippen LogP contribution in [-0.4, -0.2) is 37.3 Å². The third-order valence-electron chi connectivity index (χ3n) is 3.61. The molecule has 1 saturated heterocycles. The van der Waals surface area contributed by atoms with Crippen molar-refractivity contribution in [3.05, 3.63) is 23.8 Å². The van der Waals surface area contributed by atoms with E-state index in [9.17, 15) is 0 Å². The lowest BCUT2D eigenvalue weighted by Crippen LogP contribution is -2.35. The molecular weight excluding hydrogens is 258 g/mol. The summed E-state index contributed by atoms with van der Waals surface area (Å²) in [7, 11) is 0. The van der Waals surface area contributed by atoms with Crippen molar-refractivity contribution in [2.24, 2.45) is 0 Å². The van der Waals surface area contributed by atoms with Gasteiger partial charge in [-0.3, -0.25) is 0 Å². The Kier molecular flexibility index (Phi) is 4.51. The van der Waals surface area contributed by atoms with E-state index in [0.29, 0.717) is 19.3 Å². The third-order valence-corrected chi connectivity index (χ3v) is 4.83. The largest absolute Gasteiger partial charge is 0.486 e. The van der Waals surface area contributed by atoms with Gasteiger partial charge < -0.3 is 14.8 Å². The van der Waals surface area contributed by atoms with Crippen LogP contribution < -0.4 is 14.8 Å². The molecule has 1 atom stereocenters. The number of fused-ring (bicyclic) bond motifs is 1. The molecule has 1 unspecified atom stereocenters. The highest BCUT2D eigenvalue weighted by Gasteiger charge is 2.14. The topological polar surface area (TPSA) is 30.5 Å². The molecule has 0 saturated carbocycles. The first-order chi connectivity index (χ1) is 9.42. The highest BCUT2D eigenvalue weighted by molar-refractivity contribution is 7.99. The fraction of sp³-hybridized carbons (Fsp3) is 0.600. The maximum atomic E-state index is 5.61. The zero-order chi connectivity index (χ0) is 12.9. The highest BCUT2D eigenvalue weighted by atomic mass is 32.2. The van der Waals surface area contributed by atoms with Crippen molar-refractivity contribution in [1.82, 2.24) is 5.32 Å². The number of rotatable bonds is 4. The molecule has 2 aliphatic rings. The first-order valence-corrected chi connectivity index (χ1v) is 8.27. The lowest BCUT2D eigenvalue weighted by atomic mass is 10.1. The standard InChI is InChI=1S/C15H21NO2S/c1-2-13(11-19-9-1)16-6-5-12-3-4-14-15(10-12)18-8-7-17-14/h3-4,10,13,16H,1-2,5-9,11H2. The minimum atomic E-state index is 0.660. The summed E-state index contributed by atoms with van der Waals surface area (Å²) in [6.45, 7) is 2.37. The van der Waals surface area contributed by atoms with Gasteiger partial charge in [0.15, 0.2) is 11.5 Å². The van der Waals surface area contributed by atoms with Gasteiger partial charge in [-0.2, -0.15) is 11.8 Å². The van der Waals surface area contributed by atoms with Gasteiger partial charge in [-0.15, -0.1) is 0 Å². The zero-order valence-electron chi connectivity index (χ0n) is 11.2. The van der Waals surface area contributed by atoms with Gasteiger partial charge in [0.1, 0.15) is 13.2 Å². The van der Waals surface area contributed by atoms with Crippen molar-refractivity contribution in [1.29, 1.82) is 0 Å². The van der Waals surface area contributed by atoms with E-state index in [1.165, 1.54) is 29.9 Å². The minimum Gasteiger partial charge on any atom is -0.486 e. The molecule has 1 aromatic rings. The van der Waals surface area contributed by atoms with E-state index in [1.54, 1.807) is 0 Å². The molecule has 0 bridgehead atoms. The predicted octanol–water partition coefficient (Wildman–Crippen LogP) is 2.49. The SMILES string of the molecule is c1cc2c(cc1CCNC1CCCSC1)OCCO2. The average Bonchev–Trinajstić information content (AvgIpc) is 2.48. The van der Waals surface area contributed by atoms with Crippen LogP contribution in [0.2, 0.25) is 0 Å². The molecule has 0 aromatic heterocycles. The van der Waals surface area contributed by atoms with Gasteiger partial charge in [-0.1, -0.05) is 6.07 Å². The van der Waals surface area contributed by atoms with E-state index in [0.717, 1.165) is 24.5 Å². The summed E-state index contributed by atoms with van der Waals surface area (Å²) in [5.74, 6) is 4.38. The van der Waals surface area contributed by atoms with Gasteiger partial charge >= 0.3 is 0 Å². The molecule has 0 spiro atoms. The Bertz CT molecular complexity index is 419. The molecule has 0 aliphatic carbocycles. The van der Waals surface area contributed by atoms with E-state index in [-0.39, 0.29) is 0 Å². The van der Waals surface area contributed by atoms with E-state index >= 15 is 0 Å². The summed E-state index contributed by atoms with van der Waals surface area (Å²) in [5.41, 5.74) is 1.32. The van der Waals surface area contributed by atoms with Crippen LogP contribution in [-0.2, 0) is 6.42 Å².